The highest BCUT2D eigenvalue weighted by Crippen LogP contribution is 2.28. The van der Waals surface area contributed by atoms with Crippen LogP contribution in [-0.2, 0) is 7.05 Å². The van der Waals surface area contributed by atoms with Crippen molar-refractivity contribution in [2.24, 2.45) is 7.05 Å². The third kappa shape index (κ3) is 2.76. The smallest absolute Gasteiger partial charge is 0.255 e. The molecule has 2 aromatic heterocycles. The molecule has 6 nitrogen and oxygen atoms in total. The van der Waals surface area contributed by atoms with Gasteiger partial charge >= 0.3 is 0 Å². The number of piperazine rings is 1. The number of aryl methyl sites for hydroxylation is 2. The van der Waals surface area contributed by atoms with Gasteiger partial charge in [0.2, 0.25) is 0 Å². The van der Waals surface area contributed by atoms with Crippen molar-refractivity contribution in [2.45, 2.75) is 19.9 Å². The van der Waals surface area contributed by atoms with Crippen LogP contribution >= 0.6 is 0 Å². The van der Waals surface area contributed by atoms with E-state index in [2.05, 4.69) is 17.3 Å². The molecular weight excluding hydrogens is 326 g/mol. The van der Waals surface area contributed by atoms with Crippen molar-refractivity contribution in [1.82, 2.24) is 25.0 Å². The Balaban J connectivity index is 1.90. The maximum Gasteiger partial charge on any atom is 0.255 e. The fourth-order valence-electron chi connectivity index (χ4n) is 3.67. The summed E-state index contributed by atoms with van der Waals surface area (Å²) in [4.78, 5) is 20.1. The minimum Gasteiger partial charge on any atom is -0.333 e. The van der Waals surface area contributed by atoms with Gasteiger partial charge in [-0.15, -0.1) is 0 Å². The number of benzene rings is 1. The van der Waals surface area contributed by atoms with Crippen LogP contribution in [0.1, 0.15) is 23.0 Å². The highest BCUT2D eigenvalue weighted by Gasteiger charge is 2.27. The average Bonchev–Trinajstić information content (AvgIpc) is 2.95. The highest BCUT2D eigenvalue weighted by molar-refractivity contribution is 6.07. The zero-order valence-electron chi connectivity index (χ0n) is 15.4. The maximum absolute atomic E-state index is 13.4. The van der Waals surface area contributed by atoms with E-state index in [1.165, 1.54) is 0 Å². The fraction of sp³-hybridized carbons (Fsp3) is 0.350. The molecule has 6 heteroatoms. The fourth-order valence-corrected chi connectivity index (χ4v) is 3.67. The lowest BCUT2D eigenvalue weighted by Crippen LogP contribution is -2.52. The lowest BCUT2D eigenvalue weighted by atomic mass is 10.0. The van der Waals surface area contributed by atoms with Crippen molar-refractivity contribution in [2.75, 3.05) is 19.6 Å². The molecule has 1 amide bonds. The molecule has 1 N–H and O–H groups in total. The Hall–Kier alpha value is -2.73. The number of nitrogens with zero attached hydrogens (tertiary/aromatic N) is 4. The third-order valence-electron chi connectivity index (χ3n) is 5.03. The first kappa shape index (κ1) is 16.7. The number of fused-ring (bicyclic) bond motifs is 1. The number of nitrogens with one attached hydrogen (secondary N) is 1. The van der Waals surface area contributed by atoms with Gasteiger partial charge in [0.15, 0.2) is 5.65 Å². The first-order valence-electron chi connectivity index (χ1n) is 8.97. The molecule has 0 unspecified atom stereocenters. The molecule has 1 aliphatic heterocycles. The molecule has 1 atom stereocenters. The third-order valence-corrected chi connectivity index (χ3v) is 5.03. The Morgan fingerprint density at radius 2 is 2.04 bits per heavy atom. The van der Waals surface area contributed by atoms with Crippen LogP contribution in [0.3, 0.4) is 0 Å². The topological polar surface area (TPSA) is 63.1 Å². The molecule has 4 rings (SSSR count). The lowest BCUT2D eigenvalue weighted by Gasteiger charge is -2.34. The van der Waals surface area contributed by atoms with Gasteiger partial charge in [-0.1, -0.05) is 30.3 Å². The van der Waals surface area contributed by atoms with Crippen LogP contribution in [0.15, 0.2) is 36.4 Å². The van der Waals surface area contributed by atoms with Crippen molar-refractivity contribution in [3.8, 4) is 11.3 Å². The average molecular weight is 349 g/mol. The van der Waals surface area contributed by atoms with Crippen molar-refractivity contribution >= 4 is 16.9 Å². The second-order valence-electron chi connectivity index (χ2n) is 6.88. The van der Waals surface area contributed by atoms with Crippen molar-refractivity contribution < 1.29 is 4.79 Å². The SMILES string of the molecule is Cc1nn(C)c2nc(-c3ccccc3)cc(C(=O)N3CCNC[C@@H]3C)c12. The van der Waals surface area contributed by atoms with Gasteiger partial charge in [-0.25, -0.2) is 4.98 Å². The van der Waals surface area contributed by atoms with E-state index in [-0.39, 0.29) is 11.9 Å². The van der Waals surface area contributed by atoms with Crippen LogP contribution in [0.5, 0.6) is 0 Å². The quantitative estimate of drug-likeness (QED) is 0.772. The van der Waals surface area contributed by atoms with Crippen LogP contribution in [-0.4, -0.2) is 51.2 Å². The number of hydrogen-bond acceptors (Lipinski definition) is 4. The van der Waals surface area contributed by atoms with Crippen LogP contribution in [0.25, 0.3) is 22.3 Å². The zero-order valence-corrected chi connectivity index (χ0v) is 15.4. The second kappa shape index (κ2) is 6.53. The molecule has 1 saturated heterocycles. The predicted octanol–water partition coefficient (Wildman–Crippen LogP) is 2.38. The molecular formula is C20H23N5O. The summed E-state index contributed by atoms with van der Waals surface area (Å²) in [6.07, 6.45) is 0. The first-order valence-corrected chi connectivity index (χ1v) is 8.97. The summed E-state index contributed by atoms with van der Waals surface area (Å²) in [7, 11) is 1.87. The van der Waals surface area contributed by atoms with Crippen molar-refractivity contribution in [3.05, 3.63) is 47.7 Å². The van der Waals surface area contributed by atoms with Gasteiger partial charge in [0.05, 0.1) is 22.3 Å². The van der Waals surface area contributed by atoms with Crippen LogP contribution in [0.2, 0.25) is 0 Å². The monoisotopic (exact) mass is 349 g/mol. The highest BCUT2D eigenvalue weighted by atomic mass is 16.2. The normalized spacial score (nSPS) is 17.7. The van der Waals surface area contributed by atoms with Crippen LogP contribution < -0.4 is 5.32 Å². The number of amides is 1. The summed E-state index contributed by atoms with van der Waals surface area (Å²) in [5.41, 5.74) is 4.06. The maximum atomic E-state index is 13.4. The summed E-state index contributed by atoms with van der Waals surface area (Å²) in [5, 5.41) is 8.69. The van der Waals surface area contributed by atoms with Gasteiger partial charge in [-0.3, -0.25) is 9.48 Å². The molecule has 0 saturated carbocycles. The molecule has 0 aliphatic carbocycles. The summed E-state index contributed by atoms with van der Waals surface area (Å²) in [6.45, 7) is 6.37. The molecule has 1 fully saturated rings. The van der Waals surface area contributed by atoms with Gasteiger partial charge in [0.25, 0.3) is 5.91 Å². The minimum absolute atomic E-state index is 0.0553. The van der Waals surface area contributed by atoms with E-state index in [1.807, 2.05) is 55.3 Å². The lowest BCUT2D eigenvalue weighted by molar-refractivity contribution is 0.0657. The van der Waals surface area contributed by atoms with Gasteiger partial charge in [0.1, 0.15) is 0 Å². The Kier molecular flexibility index (Phi) is 4.20. The Morgan fingerprint density at radius 3 is 2.77 bits per heavy atom. The van der Waals surface area contributed by atoms with Gasteiger partial charge in [-0.2, -0.15) is 5.10 Å². The first-order chi connectivity index (χ1) is 12.6. The summed E-state index contributed by atoms with van der Waals surface area (Å²) < 4.78 is 1.76. The number of carbonyl (C=O) groups excluding carboxylic acids is 1. The molecule has 3 heterocycles. The standard InChI is InChI=1S/C20H23N5O/c1-13-12-21-9-10-25(13)20(26)16-11-17(15-7-5-4-6-8-15)22-19-18(16)14(2)23-24(19)3/h4-8,11,13,21H,9-10,12H2,1-3H3/t13-/m0/s1. The number of rotatable bonds is 2. The van der Waals surface area contributed by atoms with E-state index in [9.17, 15) is 4.79 Å². The van der Waals surface area contributed by atoms with Crippen LogP contribution in [0, 0.1) is 6.92 Å². The Bertz CT molecular complexity index is 963. The van der Waals surface area contributed by atoms with Crippen LogP contribution in [0.4, 0.5) is 0 Å². The van der Waals surface area contributed by atoms with Crippen molar-refractivity contribution in [1.29, 1.82) is 0 Å². The summed E-state index contributed by atoms with van der Waals surface area (Å²) in [5.74, 6) is 0.0553. The molecule has 0 bridgehead atoms. The van der Waals surface area contributed by atoms with E-state index in [0.29, 0.717) is 12.1 Å². The molecule has 3 aromatic rings. The Labute approximate surface area is 152 Å². The Morgan fingerprint density at radius 1 is 1.27 bits per heavy atom. The zero-order chi connectivity index (χ0) is 18.3. The van der Waals surface area contributed by atoms with Gasteiger partial charge in [-0.05, 0) is 19.9 Å². The molecule has 0 spiro atoms. The minimum atomic E-state index is 0.0553. The summed E-state index contributed by atoms with van der Waals surface area (Å²) in [6, 6.07) is 12.0. The largest absolute Gasteiger partial charge is 0.333 e. The van der Waals surface area contributed by atoms with Gasteiger partial charge < -0.3 is 10.2 Å². The summed E-state index contributed by atoms with van der Waals surface area (Å²) >= 11 is 0. The van der Waals surface area contributed by atoms with Gasteiger partial charge in [0, 0.05) is 38.3 Å². The van der Waals surface area contributed by atoms with Crippen molar-refractivity contribution in [3.63, 3.8) is 0 Å². The van der Waals surface area contributed by atoms with E-state index in [0.717, 1.165) is 41.1 Å². The number of carbonyl (C=O) groups is 1. The van der Waals surface area contributed by atoms with E-state index >= 15 is 0 Å². The van der Waals surface area contributed by atoms with E-state index < -0.39 is 0 Å². The second-order valence-corrected chi connectivity index (χ2v) is 6.88. The molecule has 26 heavy (non-hydrogen) atoms. The van der Waals surface area contributed by atoms with E-state index in [1.54, 1.807) is 4.68 Å². The van der Waals surface area contributed by atoms with E-state index in [4.69, 9.17) is 4.98 Å². The number of hydrogen-bond donors (Lipinski definition) is 1. The molecule has 1 aliphatic rings. The number of pyridine rings is 1. The molecule has 0 radical (unpaired) electrons. The molecule has 134 valence electrons. The molecule has 1 aromatic carbocycles. The predicted molar refractivity (Wildman–Crippen MR) is 102 cm³/mol. The number of aromatic nitrogens is 3.